The minimum absolute atomic E-state index is 0.295. The Balaban J connectivity index is 2.51. The Kier molecular flexibility index (Phi) is 4.58. The number of carbonyl (C=O) groups is 2. The Labute approximate surface area is 95.7 Å². The Hall–Kier alpha value is -1.26. The predicted octanol–water partition coefficient (Wildman–Crippen LogP) is 1.42. The minimum atomic E-state index is -0.468. The van der Waals surface area contributed by atoms with Crippen molar-refractivity contribution in [2.24, 2.45) is 5.92 Å². The van der Waals surface area contributed by atoms with Gasteiger partial charge >= 0.3 is 12.1 Å². The number of amides is 1. The van der Waals surface area contributed by atoms with Crippen molar-refractivity contribution >= 4 is 12.1 Å². The standard InChI is InChI=1S/C11H19NO4/c1-8(2)7-16-11(14)12-6-4-5-9(12)10(13)15-3/h8-9H,4-7H2,1-3H3. The van der Waals surface area contributed by atoms with Crippen LogP contribution in [0.15, 0.2) is 0 Å². The maximum Gasteiger partial charge on any atom is 0.410 e. The molecule has 0 bridgehead atoms. The second-order valence-electron chi connectivity index (χ2n) is 4.35. The van der Waals surface area contributed by atoms with Crippen LogP contribution < -0.4 is 0 Å². The monoisotopic (exact) mass is 229 g/mol. The van der Waals surface area contributed by atoms with Crippen LogP contribution in [0, 0.1) is 5.92 Å². The summed E-state index contributed by atoms with van der Waals surface area (Å²) in [7, 11) is 1.33. The molecule has 0 aromatic rings. The van der Waals surface area contributed by atoms with Gasteiger partial charge in [-0.15, -0.1) is 0 Å². The lowest BCUT2D eigenvalue weighted by Gasteiger charge is -2.22. The van der Waals surface area contributed by atoms with Gasteiger partial charge in [0, 0.05) is 6.54 Å². The van der Waals surface area contributed by atoms with Gasteiger partial charge in [0.25, 0.3) is 0 Å². The fourth-order valence-electron chi connectivity index (χ4n) is 1.69. The van der Waals surface area contributed by atoms with E-state index in [1.54, 1.807) is 0 Å². The molecule has 0 spiro atoms. The van der Waals surface area contributed by atoms with Crippen molar-refractivity contribution in [1.82, 2.24) is 4.90 Å². The molecule has 0 aromatic heterocycles. The lowest BCUT2D eigenvalue weighted by atomic mass is 10.2. The third kappa shape index (κ3) is 3.12. The highest BCUT2D eigenvalue weighted by atomic mass is 16.6. The van der Waals surface area contributed by atoms with E-state index >= 15 is 0 Å². The molecule has 1 amide bonds. The number of ether oxygens (including phenoxy) is 2. The van der Waals surface area contributed by atoms with E-state index in [0.29, 0.717) is 25.5 Å². The average Bonchev–Trinajstić information content (AvgIpc) is 2.73. The number of esters is 1. The summed E-state index contributed by atoms with van der Waals surface area (Å²) in [4.78, 5) is 24.5. The first-order valence-electron chi connectivity index (χ1n) is 5.57. The Morgan fingerprint density at radius 1 is 1.44 bits per heavy atom. The van der Waals surface area contributed by atoms with Gasteiger partial charge in [0.1, 0.15) is 6.04 Å². The van der Waals surface area contributed by atoms with Gasteiger partial charge in [-0.3, -0.25) is 4.90 Å². The number of hydrogen-bond acceptors (Lipinski definition) is 4. The molecule has 1 unspecified atom stereocenters. The molecule has 1 aliphatic rings. The number of carbonyl (C=O) groups excluding carboxylic acids is 2. The lowest BCUT2D eigenvalue weighted by Crippen LogP contribution is -2.41. The molecule has 0 N–H and O–H groups in total. The van der Waals surface area contributed by atoms with Gasteiger partial charge in [-0.2, -0.15) is 0 Å². The molecule has 1 aliphatic heterocycles. The van der Waals surface area contributed by atoms with E-state index in [-0.39, 0.29) is 5.97 Å². The molecule has 1 heterocycles. The van der Waals surface area contributed by atoms with Crippen LogP contribution in [-0.2, 0) is 14.3 Å². The van der Waals surface area contributed by atoms with Crippen molar-refractivity contribution < 1.29 is 19.1 Å². The maximum atomic E-state index is 11.7. The molecular weight excluding hydrogens is 210 g/mol. The number of rotatable bonds is 3. The summed E-state index contributed by atoms with van der Waals surface area (Å²) >= 11 is 0. The summed E-state index contributed by atoms with van der Waals surface area (Å²) in [5, 5.41) is 0. The zero-order valence-electron chi connectivity index (χ0n) is 10.1. The second kappa shape index (κ2) is 5.72. The highest BCUT2D eigenvalue weighted by molar-refractivity contribution is 5.81. The molecule has 92 valence electrons. The molecule has 0 radical (unpaired) electrons. The first-order valence-corrected chi connectivity index (χ1v) is 5.57. The number of hydrogen-bond donors (Lipinski definition) is 0. The van der Waals surface area contributed by atoms with E-state index in [1.165, 1.54) is 12.0 Å². The largest absolute Gasteiger partial charge is 0.467 e. The normalized spacial score (nSPS) is 20.0. The number of nitrogens with zero attached hydrogens (tertiary/aromatic N) is 1. The fraction of sp³-hybridized carbons (Fsp3) is 0.818. The number of likely N-dealkylation sites (tertiary alicyclic amines) is 1. The van der Waals surface area contributed by atoms with Gasteiger partial charge in [0.2, 0.25) is 0 Å². The Morgan fingerprint density at radius 2 is 2.12 bits per heavy atom. The Morgan fingerprint density at radius 3 is 2.69 bits per heavy atom. The van der Waals surface area contributed by atoms with Crippen LogP contribution in [-0.4, -0.2) is 43.3 Å². The minimum Gasteiger partial charge on any atom is -0.467 e. The van der Waals surface area contributed by atoms with Crippen LogP contribution in [0.2, 0.25) is 0 Å². The number of methoxy groups -OCH3 is 1. The van der Waals surface area contributed by atoms with E-state index < -0.39 is 12.1 Å². The van der Waals surface area contributed by atoms with Crippen molar-refractivity contribution in [1.29, 1.82) is 0 Å². The van der Waals surface area contributed by atoms with Crippen molar-refractivity contribution in [3.8, 4) is 0 Å². The van der Waals surface area contributed by atoms with Gasteiger partial charge in [-0.1, -0.05) is 13.8 Å². The third-order valence-electron chi connectivity index (χ3n) is 2.50. The summed E-state index contributed by atoms with van der Waals surface area (Å²) in [6.45, 7) is 4.88. The first kappa shape index (κ1) is 12.8. The molecule has 5 nitrogen and oxygen atoms in total. The maximum absolute atomic E-state index is 11.7. The van der Waals surface area contributed by atoms with E-state index in [0.717, 1.165) is 6.42 Å². The third-order valence-corrected chi connectivity index (χ3v) is 2.50. The smallest absolute Gasteiger partial charge is 0.410 e. The molecule has 5 heteroatoms. The summed E-state index contributed by atoms with van der Waals surface area (Å²) in [6, 6.07) is -0.468. The molecule has 1 atom stereocenters. The molecule has 1 saturated heterocycles. The van der Waals surface area contributed by atoms with Crippen molar-refractivity contribution in [3.05, 3.63) is 0 Å². The molecular formula is C11H19NO4. The van der Waals surface area contributed by atoms with E-state index in [2.05, 4.69) is 4.74 Å². The van der Waals surface area contributed by atoms with Gasteiger partial charge in [0.15, 0.2) is 0 Å². The zero-order valence-corrected chi connectivity index (χ0v) is 10.1. The zero-order chi connectivity index (χ0) is 12.1. The van der Waals surface area contributed by atoms with Crippen molar-refractivity contribution in [3.63, 3.8) is 0 Å². The average molecular weight is 229 g/mol. The molecule has 0 aliphatic carbocycles. The molecule has 16 heavy (non-hydrogen) atoms. The van der Waals surface area contributed by atoms with Crippen LogP contribution in [0.5, 0.6) is 0 Å². The van der Waals surface area contributed by atoms with E-state index in [9.17, 15) is 9.59 Å². The van der Waals surface area contributed by atoms with Crippen LogP contribution >= 0.6 is 0 Å². The topological polar surface area (TPSA) is 55.8 Å². The summed E-state index contributed by atoms with van der Waals surface area (Å²) < 4.78 is 9.74. The molecule has 1 rings (SSSR count). The Bertz CT molecular complexity index is 265. The summed E-state index contributed by atoms with van der Waals surface area (Å²) in [6.07, 6.45) is 1.06. The van der Waals surface area contributed by atoms with E-state index in [1.807, 2.05) is 13.8 Å². The second-order valence-corrected chi connectivity index (χ2v) is 4.35. The lowest BCUT2D eigenvalue weighted by molar-refractivity contribution is -0.145. The highest BCUT2D eigenvalue weighted by Gasteiger charge is 2.35. The predicted molar refractivity (Wildman–Crippen MR) is 57.9 cm³/mol. The SMILES string of the molecule is COC(=O)C1CCCN1C(=O)OCC(C)C. The quantitative estimate of drug-likeness (QED) is 0.687. The van der Waals surface area contributed by atoms with Gasteiger partial charge in [0.05, 0.1) is 13.7 Å². The molecule has 0 aromatic carbocycles. The van der Waals surface area contributed by atoms with Gasteiger partial charge in [-0.25, -0.2) is 9.59 Å². The van der Waals surface area contributed by atoms with E-state index in [4.69, 9.17) is 4.74 Å². The van der Waals surface area contributed by atoms with Crippen LogP contribution in [0.4, 0.5) is 4.79 Å². The van der Waals surface area contributed by atoms with Crippen LogP contribution in [0.1, 0.15) is 26.7 Å². The molecule has 0 saturated carbocycles. The van der Waals surface area contributed by atoms with Crippen molar-refractivity contribution in [2.75, 3.05) is 20.3 Å². The fourth-order valence-corrected chi connectivity index (χ4v) is 1.69. The summed E-state index contributed by atoms with van der Waals surface area (Å²) in [5.74, 6) is -0.0675. The van der Waals surface area contributed by atoms with Crippen LogP contribution in [0.3, 0.4) is 0 Å². The van der Waals surface area contributed by atoms with Gasteiger partial charge in [-0.05, 0) is 18.8 Å². The summed E-state index contributed by atoms with van der Waals surface area (Å²) in [5.41, 5.74) is 0. The van der Waals surface area contributed by atoms with Crippen molar-refractivity contribution in [2.45, 2.75) is 32.7 Å². The van der Waals surface area contributed by atoms with Crippen LogP contribution in [0.25, 0.3) is 0 Å². The highest BCUT2D eigenvalue weighted by Crippen LogP contribution is 2.19. The van der Waals surface area contributed by atoms with Gasteiger partial charge < -0.3 is 9.47 Å². The first-order chi connectivity index (χ1) is 7.56. The molecule has 1 fully saturated rings.